The smallest absolute Gasteiger partial charge is 0.267 e. The molecule has 48 heavy (non-hydrogen) atoms. The monoisotopic (exact) mass is 691 g/mol. The van der Waals surface area contributed by atoms with Gasteiger partial charge in [-0.25, -0.2) is 32.2 Å². The van der Waals surface area contributed by atoms with Crippen LogP contribution in [0.25, 0.3) is 28.2 Å². The van der Waals surface area contributed by atoms with Crippen molar-refractivity contribution in [3.05, 3.63) is 77.6 Å². The first-order valence-corrected chi connectivity index (χ1v) is 20.7. The van der Waals surface area contributed by atoms with Gasteiger partial charge in [0.1, 0.15) is 30.6 Å². The number of aryl methyl sites for hydroxylation is 1. The van der Waals surface area contributed by atoms with Crippen LogP contribution in [-0.4, -0.2) is 54.1 Å². The van der Waals surface area contributed by atoms with Gasteiger partial charge in [0.15, 0.2) is 16.5 Å². The van der Waals surface area contributed by atoms with E-state index in [0.29, 0.717) is 30.4 Å². The summed E-state index contributed by atoms with van der Waals surface area (Å²) in [5.41, 5.74) is 2.68. The molecule has 0 amide bonds. The quantitative estimate of drug-likeness (QED) is 0.124. The van der Waals surface area contributed by atoms with Crippen molar-refractivity contribution < 1.29 is 26.7 Å². The summed E-state index contributed by atoms with van der Waals surface area (Å²) >= 11 is 0. The van der Waals surface area contributed by atoms with Gasteiger partial charge in [0.25, 0.3) is 10.0 Å². The Hall–Kier alpha value is -4.65. The topological polar surface area (TPSA) is 136 Å². The molecule has 0 bridgehead atoms. The third-order valence-electron chi connectivity index (χ3n) is 8.25. The predicted molar refractivity (Wildman–Crippen MR) is 179 cm³/mol. The number of nitrogens with zero attached hydrogens (tertiary/aromatic N) is 6. The molecule has 1 aromatic carbocycles. The van der Waals surface area contributed by atoms with E-state index in [2.05, 4.69) is 38.9 Å². The molecule has 15 heteroatoms. The molecule has 4 heterocycles. The lowest BCUT2D eigenvalue weighted by atomic mass is 10.0. The molecule has 6 rings (SSSR count). The van der Waals surface area contributed by atoms with E-state index in [9.17, 15) is 13.7 Å². The normalized spacial score (nSPS) is 13.4. The lowest BCUT2D eigenvalue weighted by molar-refractivity contribution is 0.0861. The number of sulfonamides is 1. The molecular formula is C33H35F2N7O4SSi. The van der Waals surface area contributed by atoms with Gasteiger partial charge >= 0.3 is 0 Å². The molecule has 0 saturated heterocycles. The van der Waals surface area contributed by atoms with Crippen LogP contribution in [0.4, 0.5) is 14.5 Å². The Balaban J connectivity index is 1.34. The number of rotatable bonds is 11. The number of benzene rings is 1. The molecule has 4 aromatic heterocycles. The molecule has 5 aromatic rings. The third-order valence-corrected chi connectivity index (χ3v) is 11.3. The summed E-state index contributed by atoms with van der Waals surface area (Å²) in [7, 11) is -4.54. The number of anilines is 1. The van der Waals surface area contributed by atoms with Gasteiger partial charge in [-0.1, -0.05) is 25.7 Å². The summed E-state index contributed by atoms with van der Waals surface area (Å²) in [6.07, 6.45) is 8.17. The zero-order valence-electron chi connectivity index (χ0n) is 27.0. The molecular weight excluding hydrogens is 657 g/mol. The number of aromatic nitrogens is 5. The molecule has 0 radical (unpaired) electrons. The molecule has 0 fully saturated rings. The van der Waals surface area contributed by atoms with Gasteiger partial charge in [-0.15, -0.1) is 0 Å². The summed E-state index contributed by atoms with van der Waals surface area (Å²) in [4.78, 5) is 13.0. The van der Waals surface area contributed by atoms with E-state index >= 15 is 8.78 Å². The van der Waals surface area contributed by atoms with Crippen LogP contribution < -0.4 is 9.46 Å². The molecule has 0 atom stereocenters. The van der Waals surface area contributed by atoms with Crippen molar-refractivity contribution >= 4 is 29.3 Å². The fraction of sp³-hybridized carbons (Fsp3) is 0.333. The standard InChI is InChI=1S/C33H35F2N7O4SSi/c1-45-33-28(15-21(16-36)17-37-33)47(43,44)40-25-11-10-23(34)29(30(25)35)22-9-12-27-31(38-19-41(27)18-22)32-39-24-7-5-6-8-26(24)42(32)20-46-13-14-48(2,3)4/h9-12,15,17-19,40H,5-8,13-14,20H2,1-4H3. The van der Waals surface area contributed by atoms with Gasteiger partial charge < -0.3 is 18.4 Å². The molecule has 1 N–H and O–H groups in total. The Morgan fingerprint density at radius 3 is 2.65 bits per heavy atom. The average Bonchev–Trinajstić information content (AvgIpc) is 3.64. The molecule has 1 aliphatic rings. The second-order valence-electron chi connectivity index (χ2n) is 12.8. The molecule has 0 saturated carbocycles. The van der Waals surface area contributed by atoms with Gasteiger partial charge in [0.2, 0.25) is 5.88 Å². The second-order valence-corrected chi connectivity index (χ2v) is 20.1. The number of imidazole rings is 2. The summed E-state index contributed by atoms with van der Waals surface area (Å²) in [5, 5.41) is 9.22. The van der Waals surface area contributed by atoms with E-state index in [4.69, 9.17) is 14.5 Å². The number of hydrogen-bond acceptors (Lipinski definition) is 8. The minimum atomic E-state index is -4.49. The number of nitrogens with one attached hydrogen (secondary N) is 1. The summed E-state index contributed by atoms with van der Waals surface area (Å²) < 4.78 is 74.8. The number of fused-ring (bicyclic) bond motifs is 2. The molecule has 250 valence electrons. The number of nitriles is 1. The van der Waals surface area contributed by atoms with E-state index in [1.54, 1.807) is 22.9 Å². The van der Waals surface area contributed by atoms with E-state index < -0.39 is 45.9 Å². The number of pyridine rings is 2. The van der Waals surface area contributed by atoms with Gasteiger partial charge in [0.05, 0.1) is 35.1 Å². The summed E-state index contributed by atoms with van der Waals surface area (Å²) in [5.74, 6) is -1.62. The molecule has 1 aliphatic carbocycles. The van der Waals surface area contributed by atoms with Crippen LogP contribution in [0, 0.1) is 23.0 Å². The highest BCUT2D eigenvalue weighted by Gasteiger charge is 2.27. The van der Waals surface area contributed by atoms with Crippen molar-refractivity contribution in [2.45, 2.75) is 63.0 Å². The zero-order valence-corrected chi connectivity index (χ0v) is 28.9. The first-order chi connectivity index (χ1) is 22.9. The van der Waals surface area contributed by atoms with Gasteiger partial charge in [-0.3, -0.25) is 4.72 Å². The second kappa shape index (κ2) is 13.1. The fourth-order valence-corrected chi connectivity index (χ4v) is 7.67. The first kappa shape index (κ1) is 33.3. The van der Waals surface area contributed by atoms with Crippen LogP contribution in [0.2, 0.25) is 25.7 Å². The number of ether oxygens (including phenoxy) is 2. The van der Waals surface area contributed by atoms with Crippen molar-refractivity contribution in [1.82, 2.24) is 23.9 Å². The van der Waals surface area contributed by atoms with Gasteiger partial charge in [-0.2, -0.15) is 5.26 Å². The molecule has 0 aliphatic heterocycles. The Kier molecular flexibility index (Phi) is 9.07. The Labute approximate surface area is 278 Å². The van der Waals surface area contributed by atoms with Crippen molar-refractivity contribution in [2.24, 2.45) is 0 Å². The summed E-state index contributed by atoms with van der Waals surface area (Å²) in [6.45, 7) is 7.96. The lowest BCUT2D eigenvalue weighted by Gasteiger charge is -2.18. The van der Waals surface area contributed by atoms with Crippen molar-refractivity contribution in [3.63, 3.8) is 0 Å². The fourth-order valence-electron chi connectivity index (χ4n) is 5.71. The van der Waals surface area contributed by atoms with Crippen molar-refractivity contribution in [3.8, 4) is 34.6 Å². The highest BCUT2D eigenvalue weighted by molar-refractivity contribution is 7.92. The highest BCUT2D eigenvalue weighted by atomic mass is 32.2. The minimum absolute atomic E-state index is 0.0401. The molecule has 0 spiro atoms. The Morgan fingerprint density at radius 2 is 1.90 bits per heavy atom. The van der Waals surface area contributed by atoms with Crippen LogP contribution in [0.1, 0.15) is 29.8 Å². The largest absolute Gasteiger partial charge is 0.480 e. The molecule has 0 unspecified atom stereocenters. The van der Waals surface area contributed by atoms with Crippen molar-refractivity contribution in [1.29, 1.82) is 5.26 Å². The number of hydrogen-bond donors (Lipinski definition) is 1. The van der Waals surface area contributed by atoms with Crippen LogP contribution in [0.15, 0.2) is 53.9 Å². The average molecular weight is 692 g/mol. The van der Waals surface area contributed by atoms with E-state index in [1.807, 2.05) is 6.07 Å². The molecule has 11 nitrogen and oxygen atoms in total. The Morgan fingerprint density at radius 1 is 1.10 bits per heavy atom. The lowest BCUT2D eigenvalue weighted by Crippen LogP contribution is -2.22. The zero-order chi connectivity index (χ0) is 34.2. The Bertz CT molecular complexity index is 2170. The SMILES string of the molecule is COc1ncc(C#N)cc1S(=O)(=O)Nc1ccc(F)c(-c2ccc3c(-c4nc5c(n4COCC[Si](C)(C)C)CCCC5)ncn3c2)c1F. The van der Waals surface area contributed by atoms with E-state index in [-0.39, 0.29) is 17.0 Å². The van der Waals surface area contributed by atoms with E-state index in [1.165, 1.54) is 13.3 Å². The maximum Gasteiger partial charge on any atom is 0.267 e. The number of halogens is 2. The minimum Gasteiger partial charge on any atom is -0.480 e. The summed E-state index contributed by atoms with van der Waals surface area (Å²) in [6, 6.07) is 9.15. The van der Waals surface area contributed by atoms with E-state index in [0.717, 1.165) is 67.5 Å². The van der Waals surface area contributed by atoms with Gasteiger partial charge in [-0.05, 0) is 56.0 Å². The van der Waals surface area contributed by atoms with Gasteiger partial charge in [0, 0.05) is 38.3 Å². The van der Waals surface area contributed by atoms with Crippen LogP contribution in [0.3, 0.4) is 0 Å². The first-order valence-electron chi connectivity index (χ1n) is 15.5. The third kappa shape index (κ3) is 6.55. The predicted octanol–water partition coefficient (Wildman–Crippen LogP) is 6.41. The van der Waals surface area contributed by atoms with Crippen molar-refractivity contribution in [2.75, 3.05) is 18.4 Å². The van der Waals surface area contributed by atoms with Crippen LogP contribution >= 0.6 is 0 Å². The maximum atomic E-state index is 16.0. The highest BCUT2D eigenvalue weighted by Crippen LogP contribution is 2.35. The van der Waals surface area contributed by atoms with Crippen LogP contribution in [-0.2, 0) is 34.3 Å². The van der Waals surface area contributed by atoms with Crippen LogP contribution in [0.5, 0.6) is 5.88 Å². The maximum absolute atomic E-state index is 16.0. The number of methoxy groups -OCH3 is 1.